The van der Waals surface area contributed by atoms with Crippen LogP contribution in [0.1, 0.15) is 59.3 Å². The van der Waals surface area contributed by atoms with Gasteiger partial charge in [-0.15, -0.1) is 0 Å². The first-order valence-electron chi connectivity index (χ1n) is 9.69. The van der Waals surface area contributed by atoms with Crippen LogP contribution in [-0.4, -0.2) is 47.4 Å². The van der Waals surface area contributed by atoms with Gasteiger partial charge >= 0.3 is 0 Å². The van der Waals surface area contributed by atoms with Crippen molar-refractivity contribution in [3.63, 3.8) is 0 Å². The van der Waals surface area contributed by atoms with Gasteiger partial charge in [-0.3, -0.25) is 9.59 Å². The topological polar surface area (TPSA) is 87.5 Å². The van der Waals surface area contributed by atoms with Crippen LogP contribution in [0.4, 0.5) is 0 Å². The number of hydrogen-bond donors (Lipinski definition) is 3. The van der Waals surface area contributed by atoms with Gasteiger partial charge < -0.3 is 21.3 Å². The van der Waals surface area contributed by atoms with E-state index in [1.165, 1.54) is 0 Å². The van der Waals surface area contributed by atoms with Crippen LogP contribution in [0.25, 0.3) is 0 Å². The highest BCUT2D eigenvalue weighted by atomic mass is 16.2. The van der Waals surface area contributed by atoms with Gasteiger partial charge in [-0.25, -0.2) is 0 Å². The van der Waals surface area contributed by atoms with E-state index in [2.05, 4.69) is 31.1 Å². The molecule has 2 heterocycles. The lowest BCUT2D eigenvalue weighted by Crippen LogP contribution is -2.58. The third-order valence-electron chi connectivity index (χ3n) is 5.75. The molecule has 2 amide bonds. The van der Waals surface area contributed by atoms with Gasteiger partial charge in [-0.05, 0) is 38.5 Å². The summed E-state index contributed by atoms with van der Waals surface area (Å²) in [6.45, 7) is 11.1. The minimum Gasteiger partial charge on any atom is -0.387 e. The highest BCUT2D eigenvalue weighted by Gasteiger charge is 2.44. The average molecular weight is 351 g/mol. The molecule has 6 heteroatoms. The fourth-order valence-corrected chi connectivity index (χ4v) is 3.91. The Hall–Kier alpha value is -1.56. The second kappa shape index (κ2) is 8.70. The van der Waals surface area contributed by atoms with Crippen molar-refractivity contribution in [1.29, 1.82) is 0 Å². The molecule has 4 N–H and O–H groups in total. The molecule has 0 aromatic rings. The van der Waals surface area contributed by atoms with E-state index < -0.39 is 12.1 Å². The second-order valence-corrected chi connectivity index (χ2v) is 7.51. The van der Waals surface area contributed by atoms with Crippen molar-refractivity contribution in [2.24, 2.45) is 11.7 Å². The van der Waals surface area contributed by atoms with Crippen molar-refractivity contribution in [2.45, 2.75) is 83.5 Å². The molecule has 142 valence electrons. The van der Waals surface area contributed by atoms with Gasteiger partial charge in [0, 0.05) is 18.3 Å². The van der Waals surface area contributed by atoms with Gasteiger partial charge in [0.05, 0.1) is 12.1 Å². The molecule has 0 aromatic carbocycles. The Balaban J connectivity index is 1.99. The Labute approximate surface area is 151 Å². The molecule has 6 nitrogen and oxygen atoms in total. The summed E-state index contributed by atoms with van der Waals surface area (Å²) in [5.41, 5.74) is 6.55. The molecule has 0 saturated carbocycles. The maximum Gasteiger partial charge on any atom is 0.245 e. The highest BCUT2D eigenvalue weighted by Crippen LogP contribution is 2.34. The maximum atomic E-state index is 12.9. The van der Waals surface area contributed by atoms with Gasteiger partial charge in [0.15, 0.2) is 0 Å². The van der Waals surface area contributed by atoms with Crippen LogP contribution in [0.5, 0.6) is 0 Å². The molecule has 0 radical (unpaired) electrons. The summed E-state index contributed by atoms with van der Waals surface area (Å²) in [5, 5.41) is 6.26. The standard InChI is InChI=1S/C19H34N4O2/c1-5-14(6-2)11-21-13(4)17-10-8-15-7-9-16(19(25)23(15)17)22-18(24)12(3)20/h12,14-17,21H,4-11,20H2,1-3H3,(H,22,24)/t12-,15-,16-,17-/m0/s1. The molecular weight excluding hydrogens is 316 g/mol. The van der Waals surface area contributed by atoms with Crippen LogP contribution < -0.4 is 16.4 Å². The van der Waals surface area contributed by atoms with E-state index >= 15 is 0 Å². The molecule has 0 bridgehead atoms. The van der Waals surface area contributed by atoms with E-state index in [1.54, 1.807) is 6.92 Å². The largest absolute Gasteiger partial charge is 0.387 e. The smallest absolute Gasteiger partial charge is 0.245 e. The number of rotatable bonds is 8. The van der Waals surface area contributed by atoms with Crippen LogP contribution in [0.3, 0.4) is 0 Å². The van der Waals surface area contributed by atoms with E-state index in [9.17, 15) is 9.59 Å². The molecule has 0 aliphatic carbocycles. The summed E-state index contributed by atoms with van der Waals surface area (Å²) in [7, 11) is 0. The first-order chi connectivity index (χ1) is 11.9. The molecule has 0 unspecified atom stereocenters. The van der Waals surface area contributed by atoms with E-state index in [0.717, 1.165) is 44.3 Å². The number of fused-ring (bicyclic) bond motifs is 1. The summed E-state index contributed by atoms with van der Waals surface area (Å²) in [6, 6.07) is -0.756. The van der Waals surface area contributed by atoms with Gasteiger partial charge in [0.2, 0.25) is 11.8 Å². The molecule has 4 atom stereocenters. The molecule has 2 rings (SSSR count). The number of nitrogens with zero attached hydrogens (tertiary/aromatic N) is 1. The van der Waals surface area contributed by atoms with Crippen molar-refractivity contribution in [1.82, 2.24) is 15.5 Å². The minimum absolute atomic E-state index is 0.0123. The summed E-state index contributed by atoms with van der Waals surface area (Å²) >= 11 is 0. The summed E-state index contributed by atoms with van der Waals surface area (Å²) < 4.78 is 0. The molecule has 0 aromatic heterocycles. The zero-order valence-electron chi connectivity index (χ0n) is 15.9. The van der Waals surface area contributed by atoms with Crippen molar-refractivity contribution in [3.05, 3.63) is 12.3 Å². The first-order valence-corrected chi connectivity index (χ1v) is 9.69. The normalized spacial score (nSPS) is 27.2. The van der Waals surface area contributed by atoms with Crippen LogP contribution >= 0.6 is 0 Å². The van der Waals surface area contributed by atoms with Gasteiger partial charge in [0.1, 0.15) is 6.04 Å². The second-order valence-electron chi connectivity index (χ2n) is 7.51. The van der Waals surface area contributed by atoms with Crippen LogP contribution in [0.15, 0.2) is 12.3 Å². The van der Waals surface area contributed by atoms with Gasteiger partial charge in [-0.2, -0.15) is 0 Å². The van der Waals surface area contributed by atoms with Crippen LogP contribution in [0.2, 0.25) is 0 Å². The zero-order chi connectivity index (χ0) is 18.6. The number of hydrogen-bond acceptors (Lipinski definition) is 4. The number of carbonyl (C=O) groups is 2. The lowest BCUT2D eigenvalue weighted by molar-refractivity contribution is -0.141. The molecule has 2 fully saturated rings. The molecule has 0 spiro atoms. The number of carbonyl (C=O) groups excluding carboxylic acids is 2. The fraction of sp³-hybridized carbons (Fsp3) is 0.789. The average Bonchev–Trinajstić information content (AvgIpc) is 3.02. The monoisotopic (exact) mass is 350 g/mol. The van der Waals surface area contributed by atoms with E-state index in [-0.39, 0.29) is 23.9 Å². The zero-order valence-corrected chi connectivity index (χ0v) is 15.9. The fourth-order valence-electron chi connectivity index (χ4n) is 3.91. The SMILES string of the molecule is C=C(NCC(CC)CC)[C@@H]1CC[C@@H]2CC[C@H](NC(=O)[C@H](C)N)C(=O)N21. The minimum atomic E-state index is -0.600. The number of amides is 2. The van der Waals surface area contributed by atoms with E-state index in [4.69, 9.17) is 5.73 Å². The summed E-state index contributed by atoms with van der Waals surface area (Å²) in [6.07, 6.45) is 5.84. The van der Waals surface area contributed by atoms with Crippen molar-refractivity contribution in [3.8, 4) is 0 Å². The van der Waals surface area contributed by atoms with Crippen molar-refractivity contribution in [2.75, 3.05) is 6.54 Å². The van der Waals surface area contributed by atoms with Gasteiger partial charge in [0.25, 0.3) is 0 Å². The quantitative estimate of drug-likeness (QED) is 0.619. The van der Waals surface area contributed by atoms with E-state index in [1.807, 2.05) is 4.90 Å². The van der Waals surface area contributed by atoms with Crippen molar-refractivity contribution >= 4 is 11.8 Å². The predicted molar refractivity (Wildman–Crippen MR) is 99.7 cm³/mol. The van der Waals surface area contributed by atoms with Gasteiger partial charge in [-0.1, -0.05) is 33.3 Å². The molecule has 2 saturated heterocycles. The third-order valence-corrected chi connectivity index (χ3v) is 5.75. The number of piperidine rings is 1. The Morgan fingerprint density at radius 3 is 2.52 bits per heavy atom. The number of nitrogens with two attached hydrogens (primary N) is 1. The Bertz CT molecular complexity index is 502. The Morgan fingerprint density at radius 2 is 1.92 bits per heavy atom. The van der Waals surface area contributed by atoms with Crippen LogP contribution in [-0.2, 0) is 9.59 Å². The lowest BCUT2D eigenvalue weighted by Gasteiger charge is -2.39. The molecule has 2 aliphatic rings. The Morgan fingerprint density at radius 1 is 1.28 bits per heavy atom. The first kappa shape index (κ1) is 19.8. The van der Waals surface area contributed by atoms with Crippen molar-refractivity contribution < 1.29 is 9.59 Å². The molecule has 25 heavy (non-hydrogen) atoms. The maximum absolute atomic E-state index is 12.9. The summed E-state index contributed by atoms with van der Waals surface area (Å²) in [4.78, 5) is 26.8. The van der Waals surface area contributed by atoms with E-state index in [0.29, 0.717) is 12.3 Å². The Kier molecular flexibility index (Phi) is 6.87. The summed E-state index contributed by atoms with van der Waals surface area (Å²) in [5.74, 6) is 0.376. The third kappa shape index (κ3) is 4.54. The molecule has 2 aliphatic heterocycles. The predicted octanol–water partition coefficient (Wildman–Crippen LogP) is 1.51. The highest BCUT2D eigenvalue weighted by molar-refractivity contribution is 5.90. The lowest BCUT2D eigenvalue weighted by atomic mass is 9.97. The number of nitrogens with one attached hydrogen (secondary N) is 2. The van der Waals surface area contributed by atoms with Crippen LogP contribution in [0, 0.1) is 5.92 Å². The molecular formula is C19H34N4O2.